The minimum atomic E-state index is -0.884. The molecule has 0 amide bonds. The van der Waals surface area contributed by atoms with Crippen LogP contribution in [-0.2, 0) is 0 Å². The molecule has 0 unspecified atom stereocenters. The minimum absolute atomic E-state index is 0. The molecule has 0 fully saturated rings. The number of benzene rings is 1. The average molecular weight is 248 g/mol. The van der Waals surface area contributed by atoms with Gasteiger partial charge >= 0.3 is 57.4 Å². The number of aromatic carboxylic acids is 1. The Hall–Kier alpha value is 0.0864. The molecule has 0 spiro atoms. The van der Waals surface area contributed by atoms with Gasteiger partial charge in [-0.1, -0.05) is 0 Å². The molecule has 5 heteroatoms. The Morgan fingerprint density at radius 1 is 1.40 bits per heavy atom. The fourth-order valence-corrected chi connectivity index (χ4v) is 2.17. The van der Waals surface area contributed by atoms with E-state index in [-0.39, 0.29) is 51.4 Å². The van der Waals surface area contributed by atoms with Gasteiger partial charge in [-0.25, -0.2) is 4.79 Å². The summed E-state index contributed by atoms with van der Waals surface area (Å²) in [5.74, 6) is -0.138. The van der Waals surface area contributed by atoms with Crippen molar-refractivity contribution in [2.45, 2.75) is 0 Å². The summed E-state index contributed by atoms with van der Waals surface area (Å²) in [6.45, 7) is 0. The molecule has 0 atom stereocenters. The predicted octanol–water partition coefficient (Wildman–Crippen LogP) is 1.96. The number of fused-ring (bicyclic) bond motifs is 1. The van der Waals surface area contributed by atoms with E-state index in [0.29, 0.717) is 4.88 Å². The third kappa shape index (κ3) is 2.80. The first-order valence-electron chi connectivity index (χ1n) is 4.01. The molecule has 0 aliphatic heterocycles. The molecule has 2 rings (SSSR count). The second-order valence-corrected chi connectivity index (χ2v) is 3.90. The molecule has 0 radical (unpaired) electrons. The fourth-order valence-electron chi connectivity index (χ4n) is 1.24. The van der Waals surface area contributed by atoms with Gasteiger partial charge in [0.25, 0.3) is 0 Å². The third-order valence-electron chi connectivity index (χ3n) is 1.94. The average Bonchev–Trinajstić information content (AvgIpc) is 2.59. The first-order chi connectivity index (χ1) is 6.70. The van der Waals surface area contributed by atoms with Crippen LogP contribution in [0.2, 0.25) is 0 Å². The van der Waals surface area contributed by atoms with Crippen molar-refractivity contribution in [3.63, 3.8) is 0 Å². The van der Waals surface area contributed by atoms with E-state index in [9.17, 15) is 4.79 Å². The van der Waals surface area contributed by atoms with E-state index in [1.165, 1.54) is 11.3 Å². The number of carboxylic acids is 1. The Labute approximate surface area is 133 Å². The van der Waals surface area contributed by atoms with Crippen molar-refractivity contribution in [1.82, 2.24) is 0 Å². The summed E-state index contributed by atoms with van der Waals surface area (Å²) < 4.78 is 5.98. The molecular formula is C10H9KO3S. The Morgan fingerprint density at radius 3 is 2.73 bits per heavy atom. The first kappa shape index (κ1) is 13.2. The second-order valence-electron chi connectivity index (χ2n) is 2.82. The van der Waals surface area contributed by atoms with Gasteiger partial charge in [-0.05, 0) is 29.7 Å². The SMILES string of the molecule is COc1ccc2cc(C(=O)O)sc2c1.[KH]. The van der Waals surface area contributed by atoms with Crippen molar-refractivity contribution in [3.8, 4) is 5.75 Å². The molecule has 1 aromatic carbocycles. The Kier molecular flexibility index (Phi) is 4.76. The van der Waals surface area contributed by atoms with E-state index >= 15 is 0 Å². The summed E-state index contributed by atoms with van der Waals surface area (Å²) in [5.41, 5.74) is 0. The van der Waals surface area contributed by atoms with Crippen molar-refractivity contribution in [2.24, 2.45) is 0 Å². The molecule has 1 aromatic heterocycles. The van der Waals surface area contributed by atoms with Crippen LogP contribution in [0.1, 0.15) is 9.67 Å². The molecule has 1 heterocycles. The number of methoxy groups -OCH3 is 1. The van der Waals surface area contributed by atoms with Crippen LogP contribution in [0.5, 0.6) is 5.75 Å². The Bertz CT molecular complexity index is 492. The van der Waals surface area contributed by atoms with Gasteiger partial charge in [0.05, 0.1) is 7.11 Å². The molecule has 74 valence electrons. The van der Waals surface area contributed by atoms with Crippen LogP contribution in [0.15, 0.2) is 24.3 Å². The molecule has 2 aromatic rings. The van der Waals surface area contributed by atoms with Crippen molar-refractivity contribution >= 4 is 78.8 Å². The van der Waals surface area contributed by atoms with Gasteiger partial charge in [-0.15, -0.1) is 11.3 Å². The zero-order valence-electron chi connectivity index (χ0n) is 7.48. The van der Waals surface area contributed by atoms with Crippen LogP contribution in [0, 0.1) is 0 Å². The van der Waals surface area contributed by atoms with Gasteiger partial charge in [0.1, 0.15) is 10.6 Å². The second kappa shape index (κ2) is 5.43. The molecular weight excluding hydrogens is 239 g/mol. The van der Waals surface area contributed by atoms with E-state index in [1.807, 2.05) is 18.2 Å². The van der Waals surface area contributed by atoms with Crippen molar-refractivity contribution in [3.05, 3.63) is 29.1 Å². The normalized spacial score (nSPS) is 9.67. The van der Waals surface area contributed by atoms with Crippen LogP contribution < -0.4 is 4.74 Å². The summed E-state index contributed by atoms with van der Waals surface area (Å²) in [5, 5.41) is 9.73. The van der Waals surface area contributed by atoms with Crippen LogP contribution in [0.3, 0.4) is 0 Å². The van der Waals surface area contributed by atoms with Gasteiger partial charge < -0.3 is 9.84 Å². The number of carbonyl (C=O) groups is 1. The van der Waals surface area contributed by atoms with E-state index in [2.05, 4.69) is 0 Å². The molecule has 0 bridgehead atoms. The monoisotopic (exact) mass is 248 g/mol. The quantitative estimate of drug-likeness (QED) is 0.826. The molecule has 0 aliphatic carbocycles. The molecule has 0 aliphatic rings. The van der Waals surface area contributed by atoms with Gasteiger partial charge in [0.15, 0.2) is 0 Å². The molecule has 0 saturated carbocycles. The van der Waals surface area contributed by atoms with Crippen LogP contribution in [0.4, 0.5) is 0 Å². The zero-order valence-corrected chi connectivity index (χ0v) is 8.30. The van der Waals surface area contributed by atoms with Gasteiger partial charge in [0.2, 0.25) is 0 Å². The van der Waals surface area contributed by atoms with Crippen LogP contribution >= 0.6 is 11.3 Å². The predicted molar refractivity (Wildman–Crippen MR) is 62.5 cm³/mol. The third-order valence-corrected chi connectivity index (χ3v) is 3.02. The molecule has 3 nitrogen and oxygen atoms in total. The standard InChI is InChI=1S/C10H8O3S.K.H/c1-13-7-3-2-6-4-9(10(11)12)14-8(6)5-7;;/h2-5H,1H3,(H,11,12);;. The van der Waals surface area contributed by atoms with Gasteiger partial charge in [0, 0.05) is 4.70 Å². The molecule has 0 saturated heterocycles. The topological polar surface area (TPSA) is 46.5 Å². The molecule has 1 N–H and O–H groups in total. The van der Waals surface area contributed by atoms with Crippen LogP contribution in [0.25, 0.3) is 10.1 Å². The van der Waals surface area contributed by atoms with Gasteiger partial charge in [-0.2, -0.15) is 0 Å². The van der Waals surface area contributed by atoms with Crippen molar-refractivity contribution in [2.75, 3.05) is 7.11 Å². The Morgan fingerprint density at radius 2 is 2.13 bits per heavy atom. The summed E-state index contributed by atoms with van der Waals surface area (Å²) >= 11 is 1.26. The number of ether oxygens (including phenoxy) is 1. The summed E-state index contributed by atoms with van der Waals surface area (Å²) in [6, 6.07) is 7.19. The Balaban J connectivity index is 0.00000112. The maximum absolute atomic E-state index is 10.7. The van der Waals surface area contributed by atoms with E-state index in [0.717, 1.165) is 15.8 Å². The van der Waals surface area contributed by atoms with E-state index < -0.39 is 5.97 Å². The zero-order chi connectivity index (χ0) is 10.1. The molecule has 15 heavy (non-hydrogen) atoms. The summed E-state index contributed by atoms with van der Waals surface area (Å²) in [7, 11) is 1.59. The number of thiophene rings is 1. The van der Waals surface area contributed by atoms with E-state index in [1.54, 1.807) is 13.2 Å². The summed E-state index contributed by atoms with van der Waals surface area (Å²) in [4.78, 5) is 11.1. The first-order valence-corrected chi connectivity index (χ1v) is 4.83. The number of hydrogen-bond acceptors (Lipinski definition) is 3. The van der Waals surface area contributed by atoms with Crippen molar-refractivity contribution in [1.29, 1.82) is 0 Å². The van der Waals surface area contributed by atoms with Crippen LogP contribution in [-0.4, -0.2) is 69.6 Å². The maximum atomic E-state index is 10.7. The fraction of sp³-hybridized carbons (Fsp3) is 0.100. The number of carboxylic acid groups (broad SMARTS) is 1. The number of hydrogen-bond donors (Lipinski definition) is 1. The van der Waals surface area contributed by atoms with Crippen molar-refractivity contribution < 1.29 is 14.6 Å². The summed E-state index contributed by atoms with van der Waals surface area (Å²) in [6.07, 6.45) is 0. The number of rotatable bonds is 2. The van der Waals surface area contributed by atoms with Gasteiger partial charge in [-0.3, -0.25) is 0 Å². The van der Waals surface area contributed by atoms with E-state index in [4.69, 9.17) is 9.84 Å².